The average molecular weight is 505 g/mol. The third kappa shape index (κ3) is 7.55. The third-order valence-corrected chi connectivity index (χ3v) is 5.74. The van der Waals surface area contributed by atoms with Crippen LogP contribution in [0, 0.1) is 5.92 Å². The fourth-order valence-electron chi connectivity index (χ4n) is 3.07. The number of benzene rings is 2. The summed E-state index contributed by atoms with van der Waals surface area (Å²) in [4.78, 5) is 27.4. The van der Waals surface area contributed by atoms with Crippen molar-refractivity contribution in [3.8, 4) is 11.5 Å². The van der Waals surface area contributed by atoms with Gasteiger partial charge in [0.1, 0.15) is 17.5 Å². The number of methoxy groups -OCH3 is 1. The molecule has 2 amide bonds. The van der Waals surface area contributed by atoms with Gasteiger partial charge in [-0.2, -0.15) is 0 Å². The van der Waals surface area contributed by atoms with E-state index >= 15 is 0 Å². The third-order valence-electron chi connectivity index (χ3n) is 5.12. The van der Waals surface area contributed by atoms with E-state index in [1.54, 1.807) is 18.9 Å². The molecule has 0 aromatic heterocycles. The summed E-state index contributed by atoms with van der Waals surface area (Å²) < 4.78 is 11.8. The van der Waals surface area contributed by atoms with Crippen molar-refractivity contribution in [3.05, 3.63) is 58.1 Å². The molecule has 0 aliphatic carbocycles. The first-order valence-corrected chi connectivity index (χ1v) is 11.7. The van der Waals surface area contributed by atoms with Crippen LogP contribution in [0.25, 0.3) is 0 Å². The van der Waals surface area contributed by atoms with E-state index < -0.39 is 6.04 Å². The van der Waals surface area contributed by atoms with Crippen LogP contribution in [0.5, 0.6) is 11.5 Å². The summed E-state index contributed by atoms with van der Waals surface area (Å²) in [6.07, 6.45) is 0.913. The lowest BCUT2D eigenvalue weighted by molar-refractivity contribution is -0.142. The number of nitrogens with zero attached hydrogens (tertiary/aromatic N) is 1. The van der Waals surface area contributed by atoms with Crippen molar-refractivity contribution in [2.24, 2.45) is 5.92 Å². The normalized spacial score (nSPS) is 11.7. The fourth-order valence-corrected chi connectivity index (χ4v) is 3.61. The van der Waals surface area contributed by atoms with Gasteiger partial charge >= 0.3 is 0 Å². The molecule has 0 aliphatic rings. The van der Waals surface area contributed by atoms with E-state index in [4.69, 9.17) is 9.47 Å². The highest BCUT2D eigenvalue weighted by molar-refractivity contribution is 9.10. The Labute approximate surface area is 199 Å². The minimum Gasteiger partial charge on any atom is -0.497 e. The summed E-state index contributed by atoms with van der Waals surface area (Å²) in [6, 6.07) is 12.6. The Balaban J connectivity index is 2.15. The average Bonchev–Trinajstić information content (AvgIpc) is 2.79. The van der Waals surface area contributed by atoms with Gasteiger partial charge in [-0.15, -0.1) is 0 Å². The maximum absolute atomic E-state index is 13.1. The molecule has 0 saturated carbocycles. The Hall–Kier alpha value is -2.54. The quantitative estimate of drug-likeness (QED) is 0.485. The molecule has 1 atom stereocenters. The number of amides is 2. The maximum atomic E-state index is 13.1. The maximum Gasteiger partial charge on any atom is 0.261 e. The van der Waals surface area contributed by atoms with E-state index in [2.05, 4.69) is 28.2 Å². The standard InChI is InChI=1S/C25H33BrN2O4/c1-6-19-9-12-23(22(26)13-19)32-16-24(29)28(18(4)25(30)27-14-17(2)3)15-20-7-10-21(31-5)11-8-20/h7-13,17-18H,6,14-16H2,1-5H3,(H,27,30). The number of rotatable bonds is 11. The predicted octanol–water partition coefficient (Wildman–Crippen LogP) is 4.59. The molecule has 0 radical (unpaired) electrons. The molecule has 174 valence electrons. The second kappa shape index (κ2) is 12.5. The summed E-state index contributed by atoms with van der Waals surface area (Å²) in [5, 5.41) is 2.92. The monoisotopic (exact) mass is 504 g/mol. The van der Waals surface area contributed by atoms with E-state index in [-0.39, 0.29) is 18.4 Å². The van der Waals surface area contributed by atoms with E-state index in [0.717, 1.165) is 22.2 Å². The second-order valence-electron chi connectivity index (χ2n) is 8.09. The first kappa shape index (κ1) is 25.7. The number of nitrogens with one attached hydrogen (secondary N) is 1. The minimum atomic E-state index is -0.641. The summed E-state index contributed by atoms with van der Waals surface area (Å²) in [5.74, 6) is 1.20. The van der Waals surface area contributed by atoms with E-state index in [0.29, 0.717) is 24.8 Å². The molecule has 0 bridgehead atoms. The molecule has 6 nitrogen and oxygen atoms in total. The van der Waals surface area contributed by atoms with Crippen molar-refractivity contribution in [1.29, 1.82) is 0 Å². The zero-order chi connectivity index (χ0) is 23.7. The van der Waals surface area contributed by atoms with Gasteiger partial charge in [0.2, 0.25) is 5.91 Å². The van der Waals surface area contributed by atoms with E-state index in [9.17, 15) is 9.59 Å². The molecule has 0 heterocycles. The zero-order valence-electron chi connectivity index (χ0n) is 19.5. The minimum absolute atomic E-state index is 0.165. The van der Waals surface area contributed by atoms with Crippen LogP contribution in [0.1, 0.15) is 38.8 Å². The highest BCUT2D eigenvalue weighted by Gasteiger charge is 2.26. The molecule has 1 unspecified atom stereocenters. The van der Waals surface area contributed by atoms with Crippen LogP contribution >= 0.6 is 15.9 Å². The molecule has 7 heteroatoms. The van der Waals surface area contributed by atoms with Gasteiger partial charge in [-0.05, 0) is 70.6 Å². The first-order valence-electron chi connectivity index (χ1n) is 10.9. The van der Waals surface area contributed by atoms with Crippen LogP contribution in [0.4, 0.5) is 0 Å². The van der Waals surface area contributed by atoms with Crippen LogP contribution in [0.2, 0.25) is 0 Å². The summed E-state index contributed by atoms with van der Waals surface area (Å²) in [5.41, 5.74) is 2.07. The van der Waals surface area contributed by atoms with Crippen LogP contribution in [-0.2, 0) is 22.6 Å². The van der Waals surface area contributed by atoms with Gasteiger partial charge < -0.3 is 19.7 Å². The molecule has 2 aromatic carbocycles. The highest BCUT2D eigenvalue weighted by Crippen LogP contribution is 2.26. The van der Waals surface area contributed by atoms with Crippen molar-refractivity contribution in [2.75, 3.05) is 20.3 Å². The van der Waals surface area contributed by atoms with Crippen molar-refractivity contribution in [3.63, 3.8) is 0 Å². The number of hydrogen-bond donors (Lipinski definition) is 1. The lowest BCUT2D eigenvalue weighted by Crippen LogP contribution is -2.49. The smallest absolute Gasteiger partial charge is 0.261 e. The molecule has 0 fully saturated rings. The van der Waals surface area contributed by atoms with Crippen molar-refractivity contribution in [1.82, 2.24) is 10.2 Å². The number of aryl methyl sites for hydroxylation is 1. The molecular weight excluding hydrogens is 472 g/mol. The Morgan fingerprint density at radius 1 is 1.06 bits per heavy atom. The summed E-state index contributed by atoms with van der Waals surface area (Å²) in [6.45, 7) is 8.56. The molecule has 2 aromatic rings. The number of hydrogen-bond acceptors (Lipinski definition) is 4. The molecule has 32 heavy (non-hydrogen) atoms. The Kier molecular flexibility index (Phi) is 10.0. The number of carbonyl (C=O) groups excluding carboxylic acids is 2. The largest absolute Gasteiger partial charge is 0.497 e. The molecule has 0 aliphatic heterocycles. The van der Waals surface area contributed by atoms with Crippen molar-refractivity contribution >= 4 is 27.7 Å². The van der Waals surface area contributed by atoms with Gasteiger partial charge in [0, 0.05) is 13.1 Å². The fraction of sp³-hybridized carbons (Fsp3) is 0.440. The van der Waals surface area contributed by atoms with E-state index in [1.807, 2.05) is 56.3 Å². The SMILES string of the molecule is CCc1ccc(OCC(=O)N(Cc2ccc(OC)cc2)C(C)C(=O)NCC(C)C)c(Br)c1. The van der Waals surface area contributed by atoms with Gasteiger partial charge in [0.25, 0.3) is 5.91 Å². The molecule has 0 saturated heterocycles. The van der Waals surface area contributed by atoms with Crippen molar-refractivity contribution < 1.29 is 19.1 Å². The summed E-state index contributed by atoms with van der Waals surface area (Å²) in [7, 11) is 1.61. The number of ether oxygens (including phenoxy) is 2. The topological polar surface area (TPSA) is 67.9 Å². The number of halogens is 1. The molecule has 2 rings (SSSR count). The lowest BCUT2D eigenvalue weighted by atomic mass is 10.1. The van der Waals surface area contributed by atoms with Gasteiger partial charge in [-0.3, -0.25) is 9.59 Å². The number of carbonyl (C=O) groups is 2. The van der Waals surface area contributed by atoms with Gasteiger partial charge in [-0.1, -0.05) is 39.0 Å². The zero-order valence-corrected chi connectivity index (χ0v) is 21.1. The summed E-state index contributed by atoms with van der Waals surface area (Å²) >= 11 is 3.50. The molecule has 0 spiro atoms. The highest BCUT2D eigenvalue weighted by atomic mass is 79.9. The molecular formula is C25H33BrN2O4. The predicted molar refractivity (Wildman–Crippen MR) is 130 cm³/mol. The lowest BCUT2D eigenvalue weighted by Gasteiger charge is -2.29. The molecule has 1 N–H and O–H groups in total. The van der Waals surface area contributed by atoms with Crippen LogP contribution < -0.4 is 14.8 Å². The van der Waals surface area contributed by atoms with Crippen molar-refractivity contribution in [2.45, 2.75) is 46.7 Å². The second-order valence-corrected chi connectivity index (χ2v) is 8.95. The van der Waals surface area contributed by atoms with Gasteiger partial charge in [0.05, 0.1) is 11.6 Å². The Morgan fingerprint density at radius 2 is 1.72 bits per heavy atom. The first-order chi connectivity index (χ1) is 15.2. The van der Waals surface area contributed by atoms with Gasteiger partial charge in [0.15, 0.2) is 6.61 Å². The van der Waals surface area contributed by atoms with Crippen LogP contribution in [0.3, 0.4) is 0 Å². The van der Waals surface area contributed by atoms with Gasteiger partial charge in [-0.25, -0.2) is 0 Å². The Bertz CT molecular complexity index is 899. The van der Waals surface area contributed by atoms with Crippen LogP contribution in [-0.4, -0.2) is 43.0 Å². The Morgan fingerprint density at radius 3 is 2.28 bits per heavy atom. The van der Waals surface area contributed by atoms with E-state index in [1.165, 1.54) is 5.56 Å². The van der Waals surface area contributed by atoms with Crippen LogP contribution in [0.15, 0.2) is 46.9 Å².